The van der Waals surface area contributed by atoms with Crippen LogP contribution in [0.1, 0.15) is 29.9 Å². The first-order valence-corrected chi connectivity index (χ1v) is 6.56. The van der Waals surface area contributed by atoms with Gasteiger partial charge in [-0.1, -0.05) is 15.9 Å². The van der Waals surface area contributed by atoms with Crippen LogP contribution in [0.2, 0.25) is 0 Å². The molecule has 0 radical (unpaired) electrons. The number of benzene rings is 1. The number of ether oxygens (including phenoxy) is 1. The fourth-order valence-electron chi connectivity index (χ4n) is 2.33. The summed E-state index contributed by atoms with van der Waals surface area (Å²) >= 11 is 3.60. The van der Waals surface area contributed by atoms with E-state index < -0.39 is 0 Å². The maximum Gasteiger partial charge on any atom is 0.120 e. The number of hydrogen-bond donors (Lipinski definition) is 1. The van der Waals surface area contributed by atoms with Crippen molar-refractivity contribution in [3.8, 4) is 5.75 Å². The summed E-state index contributed by atoms with van der Waals surface area (Å²) in [4.78, 5) is 0. The van der Waals surface area contributed by atoms with Crippen molar-refractivity contribution in [2.45, 2.75) is 25.7 Å². The highest BCUT2D eigenvalue weighted by molar-refractivity contribution is 9.10. The fourth-order valence-corrected chi connectivity index (χ4v) is 2.79. The van der Waals surface area contributed by atoms with Gasteiger partial charge in [0.1, 0.15) is 5.75 Å². The number of hydrogen-bond acceptors (Lipinski definition) is 2. The normalized spacial score (nSPS) is 20.8. The van der Waals surface area contributed by atoms with Crippen molar-refractivity contribution >= 4 is 15.9 Å². The largest absolute Gasteiger partial charge is 0.497 e. The lowest BCUT2D eigenvalue weighted by Crippen LogP contribution is -2.28. The molecule has 1 N–H and O–H groups in total. The third-order valence-electron chi connectivity index (χ3n) is 3.33. The highest BCUT2D eigenvalue weighted by Gasteiger charge is 2.18. The van der Waals surface area contributed by atoms with Gasteiger partial charge in [0.15, 0.2) is 0 Å². The molecule has 3 heteroatoms. The predicted octanol–water partition coefficient (Wildman–Crippen LogP) is 3.23. The Morgan fingerprint density at radius 1 is 1.44 bits per heavy atom. The van der Waals surface area contributed by atoms with Crippen LogP contribution < -0.4 is 10.1 Å². The zero-order valence-corrected chi connectivity index (χ0v) is 11.4. The molecule has 1 unspecified atom stereocenters. The van der Waals surface area contributed by atoms with Gasteiger partial charge in [-0.05, 0) is 55.5 Å². The second-order valence-electron chi connectivity index (χ2n) is 4.37. The summed E-state index contributed by atoms with van der Waals surface area (Å²) in [5.41, 5.74) is 2.76. The van der Waals surface area contributed by atoms with Gasteiger partial charge >= 0.3 is 0 Å². The topological polar surface area (TPSA) is 21.3 Å². The second kappa shape index (κ2) is 5.19. The van der Waals surface area contributed by atoms with Crippen LogP contribution in [0.25, 0.3) is 0 Å². The molecule has 0 aliphatic carbocycles. The van der Waals surface area contributed by atoms with Crippen LogP contribution in [-0.2, 0) is 0 Å². The minimum atomic E-state index is 0.625. The van der Waals surface area contributed by atoms with Gasteiger partial charge in [-0.3, -0.25) is 0 Å². The standard InChI is InChI=1S/C13H18BrNO/c1-9-12(10-4-3-5-15-8-10)6-11(16-2)7-13(9)14/h6-7,10,15H,3-5,8H2,1-2H3. The van der Waals surface area contributed by atoms with Crippen LogP contribution in [0.5, 0.6) is 5.75 Å². The summed E-state index contributed by atoms with van der Waals surface area (Å²) in [6.07, 6.45) is 2.53. The maximum absolute atomic E-state index is 5.33. The average Bonchev–Trinajstić information content (AvgIpc) is 2.33. The summed E-state index contributed by atoms with van der Waals surface area (Å²) in [6, 6.07) is 4.22. The van der Waals surface area contributed by atoms with E-state index in [1.165, 1.54) is 24.0 Å². The highest BCUT2D eigenvalue weighted by Crippen LogP contribution is 2.33. The Labute approximate surface area is 106 Å². The van der Waals surface area contributed by atoms with E-state index >= 15 is 0 Å². The van der Waals surface area contributed by atoms with Crippen molar-refractivity contribution in [3.63, 3.8) is 0 Å². The number of halogens is 1. The van der Waals surface area contributed by atoms with Crippen LogP contribution in [0, 0.1) is 6.92 Å². The van der Waals surface area contributed by atoms with Crippen LogP contribution in [-0.4, -0.2) is 20.2 Å². The zero-order valence-electron chi connectivity index (χ0n) is 9.85. The van der Waals surface area contributed by atoms with E-state index in [1.54, 1.807) is 7.11 Å². The Morgan fingerprint density at radius 3 is 2.88 bits per heavy atom. The van der Waals surface area contributed by atoms with Gasteiger partial charge in [0.2, 0.25) is 0 Å². The molecular formula is C13H18BrNO. The molecule has 1 aliphatic heterocycles. The molecule has 1 aromatic carbocycles. The first-order chi connectivity index (χ1) is 7.72. The molecule has 0 amide bonds. The molecule has 2 rings (SSSR count). The lowest BCUT2D eigenvalue weighted by molar-refractivity contribution is 0.410. The van der Waals surface area contributed by atoms with Gasteiger partial charge in [0, 0.05) is 11.0 Å². The molecule has 0 spiro atoms. The highest BCUT2D eigenvalue weighted by atomic mass is 79.9. The van der Waals surface area contributed by atoms with E-state index in [0.29, 0.717) is 5.92 Å². The van der Waals surface area contributed by atoms with Crippen LogP contribution >= 0.6 is 15.9 Å². The molecule has 0 saturated carbocycles. The smallest absolute Gasteiger partial charge is 0.120 e. The molecule has 2 nitrogen and oxygen atoms in total. The Kier molecular flexibility index (Phi) is 3.87. The van der Waals surface area contributed by atoms with E-state index in [9.17, 15) is 0 Å². The number of methoxy groups -OCH3 is 1. The first-order valence-electron chi connectivity index (χ1n) is 5.77. The van der Waals surface area contributed by atoms with Gasteiger partial charge in [-0.25, -0.2) is 0 Å². The van der Waals surface area contributed by atoms with Gasteiger partial charge in [-0.2, -0.15) is 0 Å². The number of piperidine rings is 1. The van der Waals surface area contributed by atoms with Crippen molar-refractivity contribution in [2.24, 2.45) is 0 Å². The molecule has 1 fully saturated rings. The minimum Gasteiger partial charge on any atom is -0.497 e. The summed E-state index contributed by atoms with van der Waals surface area (Å²) in [6.45, 7) is 4.41. The second-order valence-corrected chi connectivity index (χ2v) is 5.22. The predicted molar refractivity (Wildman–Crippen MR) is 70.3 cm³/mol. The quantitative estimate of drug-likeness (QED) is 0.900. The molecule has 0 aromatic heterocycles. The summed E-state index contributed by atoms with van der Waals surface area (Å²) < 4.78 is 6.48. The summed E-state index contributed by atoms with van der Waals surface area (Å²) in [5.74, 6) is 1.57. The monoisotopic (exact) mass is 283 g/mol. The van der Waals surface area contributed by atoms with E-state index in [1.807, 2.05) is 6.07 Å². The van der Waals surface area contributed by atoms with Crippen molar-refractivity contribution < 1.29 is 4.74 Å². The Balaban J connectivity index is 2.33. The molecule has 1 saturated heterocycles. The summed E-state index contributed by atoms with van der Waals surface area (Å²) in [7, 11) is 1.72. The van der Waals surface area contributed by atoms with Gasteiger partial charge in [-0.15, -0.1) is 0 Å². The molecule has 0 bridgehead atoms. The molecule has 16 heavy (non-hydrogen) atoms. The van der Waals surface area contributed by atoms with E-state index in [4.69, 9.17) is 4.74 Å². The SMILES string of the molecule is COc1cc(Br)c(C)c(C2CCCNC2)c1. The maximum atomic E-state index is 5.33. The molecule has 1 aromatic rings. The van der Waals surface area contributed by atoms with Crippen LogP contribution in [0.3, 0.4) is 0 Å². The van der Waals surface area contributed by atoms with E-state index in [2.05, 4.69) is 34.2 Å². The third kappa shape index (κ3) is 2.41. The fraction of sp³-hybridized carbons (Fsp3) is 0.538. The van der Waals surface area contributed by atoms with Crippen LogP contribution in [0.15, 0.2) is 16.6 Å². The minimum absolute atomic E-state index is 0.625. The lowest BCUT2D eigenvalue weighted by Gasteiger charge is -2.25. The average molecular weight is 284 g/mol. The molecule has 1 heterocycles. The number of rotatable bonds is 2. The Morgan fingerprint density at radius 2 is 2.25 bits per heavy atom. The lowest BCUT2D eigenvalue weighted by atomic mass is 9.88. The van der Waals surface area contributed by atoms with Crippen LogP contribution in [0.4, 0.5) is 0 Å². The molecule has 88 valence electrons. The van der Waals surface area contributed by atoms with Crippen molar-refractivity contribution in [1.29, 1.82) is 0 Å². The van der Waals surface area contributed by atoms with E-state index in [0.717, 1.165) is 23.3 Å². The number of nitrogens with one attached hydrogen (secondary N) is 1. The van der Waals surface area contributed by atoms with E-state index in [-0.39, 0.29) is 0 Å². The Hall–Kier alpha value is -0.540. The summed E-state index contributed by atoms with van der Waals surface area (Å²) in [5, 5.41) is 3.46. The van der Waals surface area contributed by atoms with Gasteiger partial charge in [0.25, 0.3) is 0 Å². The third-order valence-corrected chi connectivity index (χ3v) is 4.15. The zero-order chi connectivity index (χ0) is 11.5. The Bertz CT molecular complexity index is 372. The first kappa shape index (κ1) is 11.9. The van der Waals surface area contributed by atoms with Gasteiger partial charge in [0.05, 0.1) is 7.11 Å². The van der Waals surface area contributed by atoms with Crippen molar-refractivity contribution in [1.82, 2.24) is 5.32 Å². The van der Waals surface area contributed by atoms with Crippen molar-refractivity contribution in [3.05, 3.63) is 27.7 Å². The van der Waals surface area contributed by atoms with Gasteiger partial charge < -0.3 is 10.1 Å². The van der Waals surface area contributed by atoms with Crippen molar-refractivity contribution in [2.75, 3.05) is 20.2 Å². The molecule has 1 aliphatic rings. The molecule has 1 atom stereocenters. The molecular weight excluding hydrogens is 266 g/mol.